The zero-order valence-corrected chi connectivity index (χ0v) is 16.9. The molecule has 1 aliphatic carbocycles. The van der Waals surface area contributed by atoms with Crippen molar-refractivity contribution in [2.24, 2.45) is 11.7 Å². The summed E-state index contributed by atoms with van der Waals surface area (Å²) in [6.07, 6.45) is -5.24. The van der Waals surface area contributed by atoms with Crippen molar-refractivity contribution in [2.75, 3.05) is 6.54 Å². The summed E-state index contributed by atoms with van der Waals surface area (Å²) in [7, 11) is 0. The third-order valence-corrected chi connectivity index (χ3v) is 6.65. The van der Waals surface area contributed by atoms with Gasteiger partial charge in [-0.05, 0) is 43.4 Å². The molecule has 2 heterocycles. The summed E-state index contributed by atoms with van der Waals surface area (Å²) >= 11 is 0. The second kappa shape index (κ2) is 7.90. The number of carbonyl (C=O) groups is 2. The van der Waals surface area contributed by atoms with Gasteiger partial charge in [-0.3, -0.25) is 20.4 Å². The highest BCUT2D eigenvalue weighted by molar-refractivity contribution is 5.98. The molecule has 1 saturated heterocycles. The molecule has 1 aromatic carbocycles. The molecule has 2 amide bonds. The minimum absolute atomic E-state index is 0.00839. The molecule has 31 heavy (non-hydrogen) atoms. The van der Waals surface area contributed by atoms with Crippen molar-refractivity contribution >= 4 is 11.8 Å². The average molecular weight is 440 g/mol. The fraction of sp³-hybridized carbons (Fsp3) is 0.524. The molecular formula is C21H24F4N4O2. The standard InChI is InChI=1S/C21H24F4N4O2/c1-10-19(20(26)31)14(11-2-4-13(5-3-11)21(23,24)25)7-18(30)29(10)17-6-12-9-27-28-16(12)8-15(17)22/h2-5,12,14-17,27-28H,6-9H2,1H3,(H2,26,31). The highest BCUT2D eigenvalue weighted by Crippen LogP contribution is 2.41. The van der Waals surface area contributed by atoms with Crippen LogP contribution in [-0.4, -0.2) is 41.5 Å². The number of allylic oxidation sites excluding steroid dienone is 1. The number of benzene rings is 1. The molecule has 1 saturated carbocycles. The minimum Gasteiger partial charge on any atom is -0.366 e. The molecule has 5 atom stereocenters. The first-order valence-electron chi connectivity index (χ1n) is 10.2. The predicted molar refractivity (Wildman–Crippen MR) is 104 cm³/mol. The van der Waals surface area contributed by atoms with Crippen LogP contribution in [0.1, 0.15) is 43.2 Å². The van der Waals surface area contributed by atoms with Crippen LogP contribution in [0.15, 0.2) is 35.5 Å². The molecule has 4 rings (SSSR count). The van der Waals surface area contributed by atoms with Crippen molar-refractivity contribution in [3.05, 3.63) is 46.7 Å². The maximum Gasteiger partial charge on any atom is 0.416 e. The van der Waals surface area contributed by atoms with E-state index in [-0.39, 0.29) is 42.0 Å². The van der Waals surface area contributed by atoms with Gasteiger partial charge in [0.2, 0.25) is 11.8 Å². The maximum absolute atomic E-state index is 15.0. The molecule has 0 spiro atoms. The Morgan fingerprint density at radius 2 is 1.87 bits per heavy atom. The highest BCUT2D eigenvalue weighted by atomic mass is 19.4. The number of nitrogens with two attached hydrogens (primary N) is 1. The molecular weight excluding hydrogens is 416 g/mol. The normalized spacial score (nSPS) is 31.7. The van der Waals surface area contributed by atoms with Crippen LogP contribution in [0, 0.1) is 5.92 Å². The van der Waals surface area contributed by atoms with E-state index in [1.165, 1.54) is 17.0 Å². The lowest BCUT2D eigenvalue weighted by atomic mass is 9.78. The number of hydrogen-bond acceptors (Lipinski definition) is 4. The Hall–Kier alpha value is -2.46. The number of fused-ring (bicyclic) bond motifs is 1. The molecule has 4 N–H and O–H groups in total. The van der Waals surface area contributed by atoms with Gasteiger partial charge in [-0.1, -0.05) is 12.1 Å². The molecule has 0 bridgehead atoms. The molecule has 168 valence electrons. The first kappa shape index (κ1) is 21.8. The molecule has 5 unspecified atom stereocenters. The van der Waals surface area contributed by atoms with Crippen LogP contribution >= 0.6 is 0 Å². The second-order valence-electron chi connectivity index (χ2n) is 8.45. The van der Waals surface area contributed by atoms with Crippen LogP contribution in [0.4, 0.5) is 17.6 Å². The number of alkyl halides is 4. The Labute approximate surface area is 176 Å². The second-order valence-corrected chi connectivity index (χ2v) is 8.45. The Morgan fingerprint density at radius 3 is 2.48 bits per heavy atom. The van der Waals surface area contributed by atoms with Gasteiger partial charge < -0.3 is 10.6 Å². The predicted octanol–water partition coefficient (Wildman–Crippen LogP) is 2.37. The van der Waals surface area contributed by atoms with Gasteiger partial charge in [-0.15, -0.1) is 0 Å². The number of halogens is 4. The van der Waals surface area contributed by atoms with E-state index in [4.69, 9.17) is 5.73 Å². The average Bonchev–Trinajstić information content (AvgIpc) is 3.13. The lowest BCUT2D eigenvalue weighted by molar-refractivity contribution is -0.138. The van der Waals surface area contributed by atoms with Crippen molar-refractivity contribution < 1.29 is 27.2 Å². The van der Waals surface area contributed by atoms with Gasteiger partial charge in [0.1, 0.15) is 6.17 Å². The third-order valence-electron chi connectivity index (χ3n) is 6.65. The van der Waals surface area contributed by atoms with Crippen LogP contribution in [0.3, 0.4) is 0 Å². The van der Waals surface area contributed by atoms with Gasteiger partial charge in [0, 0.05) is 36.2 Å². The van der Waals surface area contributed by atoms with Crippen molar-refractivity contribution in [3.63, 3.8) is 0 Å². The number of hydrogen-bond donors (Lipinski definition) is 3. The van der Waals surface area contributed by atoms with Crippen LogP contribution < -0.4 is 16.6 Å². The Bertz CT molecular complexity index is 915. The topological polar surface area (TPSA) is 87.5 Å². The fourth-order valence-electron chi connectivity index (χ4n) is 5.12. The van der Waals surface area contributed by atoms with E-state index in [2.05, 4.69) is 10.9 Å². The summed E-state index contributed by atoms with van der Waals surface area (Å²) in [4.78, 5) is 26.7. The number of amides is 2. The Balaban J connectivity index is 1.67. The van der Waals surface area contributed by atoms with Crippen LogP contribution in [0.5, 0.6) is 0 Å². The quantitative estimate of drug-likeness (QED) is 0.630. The largest absolute Gasteiger partial charge is 0.416 e. The van der Waals surface area contributed by atoms with E-state index in [0.29, 0.717) is 18.5 Å². The van der Waals surface area contributed by atoms with Gasteiger partial charge in [-0.25, -0.2) is 4.39 Å². The van der Waals surface area contributed by atoms with Crippen LogP contribution in [0.25, 0.3) is 0 Å². The minimum atomic E-state index is -4.49. The molecule has 2 aliphatic heterocycles. The maximum atomic E-state index is 15.0. The number of nitrogens with zero attached hydrogens (tertiary/aromatic N) is 1. The molecule has 10 heteroatoms. The first-order chi connectivity index (χ1) is 14.6. The number of rotatable bonds is 3. The van der Waals surface area contributed by atoms with Gasteiger partial charge in [0.15, 0.2) is 0 Å². The van der Waals surface area contributed by atoms with Gasteiger partial charge >= 0.3 is 6.18 Å². The number of primary amides is 1. The monoisotopic (exact) mass is 440 g/mol. The zero-order chi connectivity index (χ0) is 22.5. The number of nitrogens with one attached hydrogen (secondary N) is 2. The van der Waals surface area contributed by atoms with E-state index >= 15 is 4.39 Å². The van der Waals surface area contributed by atoms with Crippen LogP contribution in [0.2, 0.25) is 0 Å². The lowest BCUT2D eigenvalue weighted by Gasteiger charge is -2.44. The smallest absolute Gasteiger partial charge is 0.366 e. The van der Waals surface area contributed by atoms with Crippen molar-refractivity contribution in [1.82, 2.24) is 15.8 Å². The van der Waals surface area contributed by atoms with E-state index in [1.807, 2.05) is 0 Å². The van der Waals surface area contributed by atoms with E-state index in [0.717, 1.165) is 12.1 Å². The SMILES string of the molecule is CC1=C(C(N)=O)C(c2ccc(C(F)(F)F)cc2)CC(=O)N1C1CC2CNNC2CC1F. The Kier molecular flexibility index (Phi) is 5.55. The summed E-state index contributed by atoms with van der Waals surface area (Å²) < 4.78 is 53.7. The Morgan fingerprint density at radius 1 is 1.19 bits per heavy atom. The van der Waals surface area contributed by atoms with Crippen molar-refractivity contribution in [1.29, 1.82) is 0 Å². The van der Waals surface area contributed by atoms with Gasteiger partial charge in [0.05, 0.1) is 11.6 Å². The summed E-state index contributed by atoms with van der Waals surface area (Å²) in [6.45, 7) is 2.22. The molecule has 6 nitrogen and oxygen atoms in total. The van der Waals surface area contributed by atoms with Gasteiger partial charge in [-0.2, -0.15) is 13.2 Å². The van der Waals surface area contributed by atoms with Crippen molar-refractivity contribution in [3.8, 4) is 0 Å². The summed E-state index contributed by atoms with van der Waals surface area (Å²) in [5.41, 5.74) is 11.7. The molecule has 1 aromatic rings. The van der Waals surface area contributed by atoms with Gasteiger partial charge in [0.25, 0.3) is 0 Å². The molecule has 3 aliphatic rings. The summed E-state index contributed by atoms with van der Waals surface area (Å²) in [5, 5.41) is 0. The zero-order valence-electron chi connectivity index (χ0n) is 16.9. The number of carbonyl (C=O) groups excluding carboxylic acids is 2. The van der Waals surface area contributed by atoms with E-state index < -0.39 is 35.8 Å². The number of hydrazine groups is 1. The lowest BCUT2D eigenvalue weighted by Crippen LogP contribution is -2.54. The fourth-order valence-corrected chi connectivity index (χ4v) is 5.12. The molecule has 0 aromatic heterocycles. The van der Waals surface area contributed by atoms with Crippen molar-refractivity contribution in [2.45, 2.75) is 56.5 Å². The van der Waals surface area contributed by atoms with E-state index in [9.17, 15) is 22.8 Å². The summed E-state index contributed by atoms with van der Waals surface area (Å²) in [6, 6.07) is 3.62. The first-order valence-corrected chi connectivity index (χ1v) is 10.2. The highest BCUT2D eigenvalue weighted by Gasteiger charge is 2.46. The van der Waals surface area contributed by atoms with E-state index in [1.54, 1.807) is 6.92 Å². The summed E-state index contributed by atoms with van der Waals surface area (Å²) in [5.74, 6) is -1.75. The van der Waals surface area contributed by atoms with Crippen LogP contribution in [-0.2, 0) is 15.8 Å². The third kappa shape index (κ3) is 3.94. The molecule has 2 fully saturated rings. The molecule has 0 radical (unpaired) electrons.